The molecule has 0 aliphatic carbocycles. The van der Waals surface area contributed by atoms with Crippen LogP contribution in [0.2, 0.25) is 5.02 Å². The second-order valence-electron chi connectivity index (χ2n) is 3.86. The van der Waals surface area contributed by atoms with Crippen molar-refractivity contribution in [3.63, 3.8) is 0 Å². The van der Waals surface area contributed by atoms with E-state index in [4.69, 9.17) is 11.6 Å². The van der Waals surface area contributed by atoms with Gasteiger partial charge in [0, 0.05) is 16.3 Å². The molecule has 0 bridgehead atoms. The Hall–Kier alpha value is -1.55. The van der Waals surface area contributed by atoms with E-state index in [1.165, 1.54) is 6.92 Å². The van der Waals surface area contributed by atoms with Gasteiger partial charge >= 0.3 is 6.18 Å². The fourth-order valence-electron chi connectivity index (χ4n) is 1.64. The van der Waals surface area contributed by atoms with Crippen molar-refractivity contribution in [3.8, 4) is 11.3 Å². The highest BCUT2D eigenvalue weighted by Crippen LogP contribution is 2.33. The first-order chi connectivity index (χ1) is 9.38. The summed E-state index contributed by atoms with van der Waals surface area (Å²) in [7, 11) is 0. The fourth-order valence-corrected chi connectivity index (χ4v) is 1.87. The van der Waals surface area contributed by atoms with Crippen LogP contribution < -0.4 is 0 Å². The Morgan fingerprint density at radius 3 is 2.20 bits per heavy atom. The molecule has 1 nitrogen and oxygen atoms in total. The van der Waals surface area contributed by atoms with E-state index >= 15 is 0 Å². The van der Waals surface area contributed by atoms with Gasteiger partial charge < -0.3 is 0 Å². The van der Waals surface area contributed by atoms with Gasteiger partial charge in [-0.3, -0.25) is 4.98 Å². The van der Waals surface area contributed by atoms with Gasteiger partial charge in [-0.2, -0.15) is 13.2 Å². The number of hydrogen-bond donors (Lipinski definition) is 0. The quantitative estimate of drug-likeness (QED) is 0.653. The van der Waals surface area contributed by atoms with E-state index in [0.717, 1.165) is 12.1 Å². The predicted octanol–water partition coefficient (Wildman–Crippen LogP) is 5.76. The van der Waals surface area contributed by atoms with Gasteiger partial charge in [0.15, 0.2) is 0 Å². The van der Waals surface area contributed by atoms with Crippen molar-refractivity contribution in [1.29, 1.82) is 0 Å². The molecule has 0 saturated heterocycles. The van der Waals surface area contributed by atoms with Gasteiger partial charge in [0.05, 0.1) is 11.3 Å². The summed E-state index contributed by atoms with van der Waals surface area (Å²) in [5.41, 5.74) is 0.311. The van der Waals surface area contributed by atoms with E-state index in [-0.39, 0.29) is 5.69 Å². The smallest absolute Gasteiger partial charge is 0.253 e. The van der Waals surface area contributed by atoms with Crippen molar-refractivity contribution in [2.75, 3.05) is 0 Å². The SMILES string of the molecule is CC.Cc1cc(C(F)(F)F)cc(-c2ccccc2Cl)n1. The van der Waals surface area contributed by atoms with Crippen molar-refractivity contribution < 1.29 is 13.2 Å². The largest absolute Gasteiger partial charge is 0.416 e. The summed E-state index contributed by atoms with van der Waals surface area (Å²) in [6.07, 6.45) is -4.39. The highest BCUT2D eigenvalue weighted by molar-refractivity contribution is 6.33. The zero-order chi connectivity index (χ0) is 15.3. The number of benzene rings is 1. The van der Waals surface area contributed by atoms with Gasteiger partial charge in [0.1, 0.15) is 0 Å². The van der Waals surface area contributed by atoms with Gasteiger partial charge in [-0.25, -0.2) is 0 Å². The number of aromatic nitrogens is 1. The van der Waals surface area contributed by atoms with Crippen LogP contribution in [0.3, 0.4) is 0 Å². The number of pyridine rings is 1. The standard InChI is InChI=1S/C13H9ClF3N.C2H6/c1-8-6-9(13(15,16)17)7-12(18-8)10-4-2-3-5-11(10)14;1-2/h2-7H,1H3;1-2H3. The molecule has 0 radical (unpaired) electrons. The van der Waals surface area contributed by atoms with E-state index in [9.17, 15) is 13.2 Å². The van der Waals surface area contributed by atoms with Gasteiger partial charge in [-0.1, -0.05) is 43.6 Å². The van der Waals surface area contributed by atoms with Crippen molar-refractivity contribution >= 4 is 11.6 Å². The van der Waals surface area contributed by atoms with Gasteiger partial charge in [0.25, 0.3) is 0 Å². The molecule has 0 spiro atoms. The molecule has 108 valence electrons. The monoisotopic (exact) mass is 301 g/mol. The first-order valence-electron chi connectivity index (χ1n) is 6.19. The van der Waals surface area contributed by atoms with Crippen LogP contribution in [0.4, 0.5) is 13.2 Å². The molecule has 1 heterocycles. The highest BCUT2D eigenvalue weighted by atomic mass is 35.5. The van der Waals surface area contributed by atoms with E-state index in [1.54, 1.807) is 24.3 Å². The van der Waals surface area contributed by atoms with Crippen LogP contribution in [-0.2, 0) is 6.18 Å². The van der Waals surface area contributed by atoms with Gasteiger partial charge in [0.2, 0.25) is 0 Å². The summed E-state index contributed by atoms with van der Waals surface area (Å²) in [5, 5.41) is 0.378. The average Bonchev–Trinajstić information content (AvgIpc) is 2.40. The van der Waals surface area contributed by atoms with Crippen molar-refractivity contribution in [1.82, 2.24) is 4.98 Å². The molecular formula is C15H15ClF3N. The molecule has 0 fully saturated rings. The molecule has 2 rings (SSSR count). The van der Waals surface area contributed by atoms with Crippen LogP contribution in [-0.4, -0.2) is 4.98 Å². The van der Waals surface area contributed by atoms with Crippen LogP contribution in [0.15, 0.2) is 36.4 Å². The minimum atomic E-state index is -4.39. The Morgan fingerprint density at radius 1 is 1.05 bits per heavy atom. The van der Waals surface area contributed by atoms with Gasteiger partial charge in [-0.05, 0) is 25.1 Å². The Morgan fingerprint density at radius 2 is 1.65 bits per heavy atom. The molecule has 0 aliphatic rings. The summed E-state index contributed by atoms with van der Waals surface area (Å²) >= 11 is 5.96. The first kappa shape index (κ1) is 16.5. The minimum absolute atomic E-state index is 0.230. The zero-order valence-electron chi connectivity index (χ0n) is 11.4. The number of aryl methyl sites for hydroxylation is 1. The Bertz CT molecular complexity index is 580. The van der Waals surface area contributed by atoms with E-state index in [2.05, 4.69) is 4.98 Å². The van der Waals surface area contributed by atoms with Crippen LogP contribution in [0.5, 0.6) is 0 Å². The van der Waals surface area contributed by atoms with Crippen molar-refractivity contribution in [2.45, 2.75) is 26.9 Å². The van der Waals surface area contributed by atoms with E-state index < -0.39 is 11.7 Å². The molecule has 2 aromatic rings. The molecule has 0 atom stereocenters. The van der Waals surface area contributed by atoms with E-state index in [0.29, 0.717) is 16.3 Å². The molecule has 1 aromatic heterocycles. The number of halogens is 4. The summed E-state index contributed by atoms with van der Waals surface area (Å²) in [5.74, 6) is 0. The molecule has 0 saturated carbocycles. The average molecular weight is 302 g/mol. The molecule has 0 N–H and O–H groups in total. The summed E-state index contributed by atoms with van der Waals surface area (Å²) in [6, 6.07) is 8.71. The third kappa shape index (κ3) is 3.97. The highest BCUT2D eigenvalue weighted by Gasteiger charge is 2.31. The topological polar surface area (TPSA) is 12.9 Å². The zero-order valence-corrected chi connectivity index (χ0v) is 12.2. The normalized spacial score (nSPS) is 10.8. The van der Waals surface area contributed by atoms with Crippen molar-refractivity contribution in [2.24, 2.45) is 0 Å². The maximum absolute atomic E-state index is 12.7. The van der Waals surface area contributed by atoms with Crippen LogP contribution in [0, 0.1) is 6.92 Å². The summed E-state index contributed by atoms with van der Waals surface area (Å²) in [6.45, 7) is 5.52. The summed E-state index contributed by atoms with van der Waals surface area (Å²) in [4.78, 5) is 4.09. The maximum Gasteiger partial charge on any atom is 0.416 e. The lowest BCUT2D eigenvalue weighted by molar-refractivity contribution is -0.137. The van der Waals surface area contributed by atoms with Gasteiger partial charge in [-0.15, -0.1) is 0 Å². The second kappa shape index (κ2) is 6.75. The second-order valence-corrected chi connectivity index (χ2v) is 4.27. The molecule has 0 unspecified atom stereocenters. The van der Waals surface area contributed by atoms with Crippen LogP contribution >= 0.6 is 11.6 Å². The fraction of sp³-hybridized carbons (Fsp3) is 0.267. The van der Waals surface area contributed by atoms with Crippen LogP contribution in [0.25, 0.3) is 11.3 Å². The van der Waals surface area contributed by atoms with Crippen LogP contribution in [0.1, 0.15) is 25.1 Å². The first-order valence-corrected chi connectivity index (χ1v) is 6.56. The third-order valence-corrected chi connectivity index (χ3v) is 2.76. The Balaban J connectivity index is 0.000000956. The lowest BCUT2D eigenvalue weighted by Crippen LogP contribution is -2.06. The minimum Gasteiger partial charge on any atom is -0.253 e. The Labute approximate surface area is 121 Å². The molecule has 0 aliphatic heterocycles. The number of nitrogens with zero attached hydrogens (tertiary/aromatic N) is 1. The predicted molar refractivity (Wildman–Crippen MR) is 75.8 cm³/mol. The lowest BCUT2D eigenvalue weighted by atomic mass is 10.1. The molecule has 0 amide bonds. The molecule has 20 heavy (non-hydrogen) atoms. The maximum atomic E-state index is 12.7. The number of rotatable bonds is 1. The number of alkyl halides is 3. The lowest BCUT2D eigenvalue weighted by Gasteiger charge is -2.10. The molecule has 5 heteroatoms. The molecular weight excluding hydrogens is 287 g/mol. The van der Waals surface area contributed by atoms with Crippen molar-refractivity contribution in [3.05, 3.63) is 52.7 Å². The molecule has 1 aromatic carbocycles. The summed E-state index contributed by atoms with van der Waals surface area (Å²) < 4.78 is 38.1. The van der Waals surface area contributed by atoms with E-state index in [1.807, 2.05) is 13.8 Å². The Kier molecular flexibility index (Phi) is 5.57. The third-order valence-electron chi connectivity index (χ3n) is 2.43. The number of hydrogen-bond acceptors (Lipinski definition) is 1.